The van der Waals surface area contributed by atoms with Gasteiger partial charge in [-0.05, 0) is 17.5 Å². The molecule has 3 aromatic carbocycles. The first kappa shape index (κ1) is 16.1. The van der Waals surface area contributed by atoms with Crippen molar-refractivity contribution in [2.75, 3.05) is 10.6 Å². The van der Waals surface area contributed by atoms with Crippen LogP contribution in [0.5, 0.6) is 0 Å². The predicted octanol–water partition coefficient (Wildman–Crippen LogP) is 3.33. The van der Waals surface area contributed by atoms with Crippen LogP contribution in [-0.2, 0) is 9.59 Å². The van der Waals surface area contributed by atoms with E-state index in [0.717, 1.165) is 10.8 Å². The number of nitro benzene ring substituents is 1. The van der Waals surface area contributed by atoms with Crippen LogP contribution in [0.3, 0.4) is 0 Å². The molecule has 0 spiro atoms. The van der Waals surface area contributed by atoms with E-state index in [1.54, 1.807) is 12.1 Å². The summed E-state index contributed by atoms with van der Waals surface area (Å²) in [6, 6.07) is 18.4. The molecule has 2 N–H and O–H groups in total. The minimum absolute atomic E-state index is 0.0365. The molecule has 3 rings (SSSR count). The molecule has 0 aliphatic rings. The number of fused-ring (bicyclic) bond motifs is 1. The van der Waals surface area contributed by atoms with Crippen molar-refractivity contribution in [1.82, 2.24) is 0 Å². The van der Waals surface area contributed by atoms with Crippen molar-refractivity contribution in [3.8, 4) is 0 Å². The Balaban J connectivity index is 1.80. The molecule has 25 heavy (non-hydrogen) atoms. The topological polar surface area (TPSA) is 101 Å². The smallest absolute Gasteiger partial charge is 0.314 e. The summed E-state index contributed by atoms with van der Waals surface area (Å²) < 4.78 is 0. The molecule has 0 bridgehead atoms. The Bertz CT molecular complexity index is 979. The number of carbonyl (C=O) groups is 2. The average Bonchev–Trinajstić information content (AvgIpc) is 2.62. The monoisotopic (exact) mass is 335 g/mol. The fourth-order valence-corrected chi connectivity index (χ4v) is 2.43. The zero-order valence-corrected chi connectivity index (χ0v) is 12.9. The zero-order chi connectivity index (χ0) is 17.8. The van der Waals surface area contributed by atoms with Gasteiger partial charge in [0.2, 0.25) is 0 Å². The Morgan fingerprint density at radius 1 is 0.760 bits per heavy atom. The molecule has 0 heterocycles. The van der Waals surface area contributed by atoms with Gasteiger partial charge in [-0.2, -0.15) is 0 Å². The maximum Gasteiger partial charge on any atom is 0.314 e. The molecule has 0 aliphatic heterocycles. The highest BCUT2D eigenvalue weighted by Gasteiger charge is 2.20. The minimum Gasteiger partial charge on any atom is -0.317 e. The van der Waals surface area contributed by atoms with Gasteiger partial charge in [0, 0.05) is 17.1 Å². The van der Waals surface area contributed by atoms with E-state index in [1.165, 1.54) is 24.3 Å². The van der Waals surface area contributed by atoms with Gasteiger partial charge in [-0.25, -0.2) is 0 Å². The largest absolute Gasteiger partial charge is 0.317 e. The molecule has 0 unspecified atom stereocenters. The van der Waals surface area contributed by atoms with Crippen molar-refractivity contribution in [2.45, 2.75) is 0 Å². The first-order chi connectivity index (χ1) is 12.1. The van der Waals surface area contributed by atoms with Crippen LogP contribution in [0.4, 0.5) is 17.1 Å². The average molecular weight is 335 g/mol. The van der Waals surface area contributed by atoms with E-state index in [-0.39, 0.29) is 11.4 Å². The molecular formula is C18H13N3O4. The van der Waals surface area contributed by atoms with E-state index < -0.39 is 16.7 Å². The number of hydrogen-bond acceptors (Lipinski definition) is 4. The second-order valence-corrected chi connectivity index (χ2v) is 5.21. The van der Waals surface area contributed by atoms with Crippen LogP contribution in [-0.4, -0.2) is 16.7 Å². The van der Waals surface area contributed by atoms with Gasteiger partial charge in [-0.15, -0.1) is 0 Å². The highest BCUT2D eigenvalue weighted by Crippen LogP contribution is 2.24. The lowest BCUT2D eigenvalue weighted by Crippen LogP contribution is -2.29. The number of benzene rings is 3. The van der Waals surface area contributed by atoms with Crippen molar-refractivity contribution >= 4 is 39.6 Å². The fourth-order valence-electron chi connectivity index (χ4n) is 2.43. The number of hydrogen-bond donors (Lipinski definition) is 2. The molecule has 7 nitrogen and oxygen atoms in total. The highest BCUT2D eigenvalue weighted by molar-refractivity contribution is 6.44. The molecular weight excluding hydrogens is 322 g/mol. The zero-order valence-electron chi connectivity index (χ0n) is 12.9. The third kappa shape index (κ3) is 3.45. The fraction of sp³-hybridized carbons (Fsp3) is 0. The standard InChI is InChI=1S/C18H13N3O4/c22-17(18(23)20-15-9-3-4-11-16(15)21(24)25)19-14-10-5-7-12-6-1-2-8-13(12)14/h1-11H,(H,19,22)(H,20,23). The summed E-state index contributed by atoms with van der Waals surface area (Å²) in [5.41, 5.74) is 0.167. The summed E-state index contributed by atoms with van der Waals surface area (Å²) in [5, 5.41) is 17.5. The Hall–Kier alpha value is -3.74. The first-order valence-electron chi connectivity index (χ1n) is 7.40. The molecule has 7 heteroatoms. The third-order valence-electron chi connectivity index (χ3n) is 3.59. The molecule has 0 saturated heterocycles. The number of nitrogens with zero attached hydrogens (tertiary/aromatic N) is 1. The molecule has 0 saturated carbocycles. The van der Waals surface area contributed by atoms with Crippen molar-refractivity contribution in [1.29, 1.82) is 0 Å². The summed E-state index contributed by atoms with van der Waals surface area (Å²) in [6.45, 7) is 0. The second kappa shape index (κ2) is 6.79. The summed E-state index contributed by atoms with van der Waals surface area (Å²) in [6.07, 6.45) is 0. The van der Waals surface area contributed by atoms with E-state index in [9.17, 15) is 19.7 Å². The van der Waals surface area contributed by atoms with Crippen molar-refractivity contribution in [3.63, 3.8) is 0 Å². The van der Waals surface area contributed by atoms with Crippen LogP contribution in [0.2, 0.25) is 0 Å². The van der Waals surface area contributed by atoms with Crippen LogP contribution >= 0.6 is 0 Å². The first-order valence-corrected chi connectivity index (χ1v) is 7.40. The van der Waals surface area contributed by atoms with Gasteiger partial charge in [0.15, 0.2) is 0 Å². The normalized spacial score (nSPS) is 10.2. The van der Waals surface area contributed by atoms with E-state index >= 15 is 0 Å². The molecule has 0 atom stereocenters. The van der Waals surface area contributed by atoms with Crippen LogP contribution < -0.4 is 10.6 Å². The maximum absolute atomic E-state index is 12.1. The molecule has 0 fully saturated rings. The van der Waals surface area contributed by atoms with Crippen LogP contribution in [0.1, 0.15) is 0 Å². The van der Waals surface area contributed by atoms with Gasteiger partial charge in [0.05, 0.1) is 4.92 Å². The molecule has 124 valence electrons. The van der Waals surface area contributed by atoms with Gasteiger partial charge in [0.25, 0.3) is 5.69 Å². The molecule has 3 aromatic rings. The van der Waals surface area contributed by atoms with Crippen molar-refractivity contribution in [3.05, 3.63) is 76.8 Å². The number of para-hydroxylation sites is 2. The molecule has 0 radical (unpaired) electrons. The van der Waals surface area contributed by atoms with Gasteiger partial charge in [-0.1, -0.05) is 48.5 Å². The Morgan fingerprint density at radius 2 is 1.32 bits per heavy atom. The van der Waals surface area contributed by atoms with Gasteiger partial charge in [0.1, 0.15) is 5.69 Å². The number of rotatable bonds is 3. The molecule has 0 aromatic heterocycles. The maximum atomic E-state index is 12.1. The lowest BCUT2D eigenvalue weighted by molar-refractivity contribution is -0.383. The van der Waals surface area contributed by atoms with E-state index in [1.807, 2.05) is 30.3 Å². The lowest BCUT2D eigenvalue weighted by Gasteiger charge is -2.09. The Kier molecular flexibility index (Phi) is 4.38. The van der Waals surface area contributed by atoms with Crippen molar-refractivity contribution in [2.24, 2.45) is 0 Å². The SMILES string of the molecule is O=C(Nc1ccccc1[N+](=O)[O-])C(=O)Nc1cccc2ccccc12. The highest BCUT2D eigenvalue weighted by atomic mass is 16.6. The lowest BCUT2D eigenvalue weighted by atomic mass is 10.1. The summed E-state index contributed by atoms with van der Waals surface area (Å²) in [7, 11) is 0. The van der Waals surface area contributed by atoms with Gasteiger partial charge >= 0.3 is 11.8 Å². The van der Waals surface area contributed by atoms with E-state index in [2.05, 4.69) is 10.6 Å². The number of amides is 2. The summed E-state index contributed by atoms with van der Waals surface area (Å²) >= 11 is 0. The summed E-state index contributed by atoms with van der Waals surface area (Å²) in [5.74, 6) is -1.89. The van der Waals surface area contributed by atoms with Crippen LogP contribution in [0.25, 0.3) is 10.8 Å². The number of nitro groups is 1. The van der Waals surface area contributed by atoms with Crippen LogP contribution in [0, 0.1) is 10.1 Å². The van der Waals surface area contributed by atoms with Crippen LogP contribution in [0.15, 0.2) is 66.7 Å². The number of nitrogens with one attached hydrogen (secondary N) is 2. The quantitative estimate of drug-likeness (QED) is 0.435. The molecule has 2 amide bonds. The number of anilines is 2. The van der Waals surface area contributed by atoms with Gasteiger partial charge in [-0.3, -0.25) is 19.7 Å². The Labute approximate surface area is 142 Å². The molecule has 0 aliphatic carbocycles. The van der Waals surface area contributed by atoms with E-state index in [4.69, 9.17) is 0 Å². The predicted molar refractivity (Wildman–Crippen MR) is 94.3 cm³/mol. The van der Waals surface area contributed by atoms with Crippen molar-refractivity contribution < 1.29 is 14.5 Å². The Morgan fingerprint density at radius 3 is 2.08 bits per heavy atom. The summed E-state index contributed by atoms with van der Waals surface area (Å²) in [4.78, 5) is 34.6. The minimum atomic E-state index is -0.984. The third-order valence-corrected chi connectivity index (χ3v) is 3.59. The number of carbonyl (C=O) groups excluding carboxylic acids is 2. The van der Waals surface area contributed by atoms with E-state index in [0.29, 0.717) is 5.69 Å². The van der Waals surface area contributed by atoms with Gasteiger partial charge < -0.3 is 10.6 Å². The second-order valence-electron chi connectivity index (χ2n) is 5.21.